The van der Waals surface area contributed by atoms with Crippen LogP contribution in [0.1, 0.15) is 29.2 Å². The molecule has 6 atom stereocenters. The number of phenols is 1. The average Bonchev–Trinajstić information content (AvgIpc) is 3.69. The number of carbonyl (C=O) groups is 4. The first-order valence-corrected chi connectivity index (χ1v) is 16.1. The number of thiophene rings is 1. The van der Waals surface area contributed by atoms with E-state index in [9.17, 15) is 28.7 Å². The number of halogens is 3. The Labute approximate surface area is 277 Å². The lowest BCUT2D eigenvalue weighted by Gasteiger charge is -2.50. The van der Waals surface area contributed by atoms with Crippen molar-refractivity contribution in [3.8, 4) is 17.2 Å². The Hall–Kier alpha value is -3.93. The van der Waals surface area contributed by atoms with E-state index in [0.29, 0.717) is 11.1 Å². The van der Waals surface area contributed by atoms with E-state index in [1.165, 1.54) is 54.7 Å². The van der Waals surface area contributed by atoms with Crippen LogP contribution < -0.4 is 14.4 Å². The van der Waals surface area contributed by atoms with Crippen molar-refractivity contribution in [2.45, 2.75) is 35.1 Å². The van der Waals surface area contributed by atoms with Gasteiger partial charge in [0.1, 0.15) is 5.82 Å². The zero-order chi connectivity index (χ0) is 32.7. The number of nitrogens with zero attached hydrogens (tertiary/aromatic N) is 2. The molecular weight excluding hydrogens is 658 g/mol. The third-order valence-electron chi connectivity index (χ3n) is 9.72. The lowest BCUT2D eigenvalue weighted by molar-refractivity contribution is -0.141. The van der Waals surface area contributed by atoms with E-state index in [-0.39, 0.29) is 54.1 Å². The molecule has 46 heavy (non-hydrogen) atoms. The number of amides is 4. The minimum Gasteiger partial charge on any atom is -0.502 e. The zero-order valence-corrected chi connectivity index (χ0v) is 26.9. The number of allylic oxidation sites excluding steroid dienone is 2. The maximum Gasteiger partial charge on any atom is 0.258 e. The van der Waals surface area contributed by atoms with Crippen molar-refractivity contribution in [3.63, 3.8) is 0 Å². The SMILES string of the molecule is COc1cc(C2C3=CCC4C(=O)N(Cc5cccs5)C(=O)C4C3CC3(Cl)C(=O)N(c4ccc(F)cc4)C(=O)C23Cl)cc(OC)c1O. The number of aromatic hydroxyl groups is 1. The minimum atomic E-state index is -2.13. The van der Waals surface area contributed by atoms with Gasteiger partial charge in [0.05, 0.1) is 38.3 Å². The molecular formula is C33H27Cl2FN2O7S. The van der Waals surface area contributed by atoms with Crippen LogP contribution in [-0.4, -0.2) is 57.6 Å². The van der Waals surface area contributed by atoms with Crippen LogP contribution in [-0.2, 0) is 25.7 Å². The molecule has 3 heterocycles. The molecule has 3 aromatic rings. The Morgan fingerprint density at radius 1 is 0.978 bits per heavy atom. The summed E-state index contributed by atoms with van der Waals surface area (Å²) in [7, 11) is 2.69. The van der Waals surface area contributed by atoms with Crippen LogP contribution in [0, 0.1) is 23.6 Å². The topological polar surface area (TPSA) is 113 Å². The van der Waals surface area contributed by atoms with Gasteiger partial charge in [0, 0.05) is 10.8 Å². The molecule has 0 bridgehead atoms. The summed E-state index contributed by atoms with van der Waals surface area (Å²) < 4.78 is 24.7. The van der Waals surface area contributed by atoms with Gasteiger partial charge in [0.25, 0.3) is 11.8 Å². The van der Waals surface area contributed by atoms with Crippen molar-refractivity contribution in [1.82, 2.24) is 4.90 Å². The molecule has 7 rings (SSSR count). The Morgan fingerprint density at radius 2 is 1.65 bits per heavy atom. The number of phenolic OH excluding ortho intramolecular Hbond substituents is 1. The molecule has 9 nitrogen and oxygen atoms in total. The van der Waals surface area contributed by atoms with Crippen LogP contribution in [0.5, 0.6) is 17.2 Å². The monoisotopic (exact) mass is 684 g/mol. The van der Waals surface area contributed by atoms with Crippen molar-refractivity contribution < 1.29 is 38.1 Å². The molecule has 238 valence electrons. The van der Waals surface area contributed by atoms with Gasteiger partial charge < -0.3 is 14.6 Å². The number of rotatable bonds is 6. The average molecular weight is 686 g/mol. The third-order valence-corrected chi connectivity index (χ3v) is 12.0. The highest BCUT2D eigenvalue weighted by molar-refractivity contribution is 7.09. The predicted molar refractivity (Wildman–Crippen MR) is 168 cm³/mol. The van der Waals surface area contributed by atoms with E-state index in [1.54, 1.807) is 0 Å². The van der Waals surface area contributed by atoms with Crippen LogP contribution in [0.2, 0.25) is 0 Å². The van der Waals surface area contributed by atoms with Crippen molar-refractivity contribution >= 4 is 63.9 Å². The summed E-state index contributed by atoms with van der Waals surface area (Å²) in [4.78, 5) is 55.4. The number of likely N-dealkylation sites (tertiary alicyclic amines) is 1. The molecule has 13 heteroatoms. The van der Waals surface area contributed by atoms with Crippen LogP contribution in [0.4, 0.5) is 10.1 Å². The second-order valence-electron chi connectivity index (χ2n) is 11.9. The van der Waals surface area contributed by atoms with Crippen molar-refractivity contribution in [3.05, 3.63) is 81.8 Å². The maximum absolute atomic E-state index is 14.5. The molecule has 0 spiro atoms. The van der Waals surface area contributed by atoms with Crippen LogP contribution in [0.15, 0.2) is 65.6 Å². The molecule has 2 aromatic carbocycles. The number of carbonyl (C=O) groups excluding carboxylic acids is 4. The summed E-state index contributed by atoms with van der Waals surface area (Å²) in [6.07, 6.45) is 1.82. The van der Waals surface area contributed by atoms with E-state index >= 15 is 0 Å². The molecule has 1 saturated carbocycles. The van der Waals surface area contributed by atoms with E-state index in [2.05, 4.69) is 0 Å². The fourth-order valence-electron chi connectivity index (χ4n) is 7.63. The Bertz CT molecular complexity index is 1810. The number of anilines is 1. The van der Waals surface area contributed by atoms with Gasteiger partial charge in [-0.25, -0.2) is 9.29 Å². The first-order valence-electron chi connectivity index (χ1n) is 14.5. The highest BCUT2D eigenvalue weighted by Crippen LogP contribution is 2.66. The van der Waals surface area contributed by atoms with E-state index < -0.39 is 51.1 Å². The number of hydrogen-bond acceptors (Lipinski definition) is 8. The molecule has 3 fully saturated rings. The van der Waals surface area contributed by atoms with Crippen molar-refractivity contribution in [2.24, 2.45) is 17.8 Å². The predicted octanol–water partition coefficient (Wildman–Crippen LogP) is 5.37. The number of hydrogen-bond donors (Lipinski definition) is 1. The Balaban J connectivity index is 1.41. The molecule has 6 unspecified atom stereocenters. The number of alkyl halides is 2. The van der Waals surface area contributed by atoms with Gasteiger partial charge >= 0.3 is 0 Å². The smallest absolute Gasteiger partial charge is 0.258 e. The quantitative estimate of drug-likeness (QED) is 0.211. The van der Waals surface area contributed by atoms with Gasteiger partial charge in [0.2, 0.25) is 17.6 Å². The molecule has 2 saturated heterocycles. The van der Waals surface area contributed by atoms with Crippen molar-refractivity contribution in [2.75, 3.05) is 19.1 Å². The Kier molecular flexibility index (Phi) is 7.22. The summed E-state index contributed by atoms with van der Waals surface area (Å²) in [6, 6.07) is 11.5. The van der Waals surface area contributed by atoms with Crippen LogP contribution in [0.25, 0.3) is 0 Å². The number of ether oxygens (including phenoxy) is 2. The second kappa shape index (κ2) is 10.8. The summed E-state index contributed by atoms with van der Waals surface area (Å²) in [6.45, 7) is 0.126. The summed E-state index contributed by atoms with van der Waals surface area (Å²) >= 11 is 16.2. The third kappa shape index (κ3) is 4.10. The van der Waals surface area contributed by atoms with Gasteiger partial charge in [0.15, 0.2) is 21.2 Å². The van der Waals surface area contributed by atoms with Gasteiger partial charge in [-0.3, -0.25) is 24.1 Å². The van der Waals surface area contributed by atoms with E-state index in [1.807, 2.05) is 23.6 Å². The first kappa shape index (κ1) is 30.7. The second-order valence-corrected chi connectivity index (χ2v) is 14.1. The fourth-order valence-corrected chi connectivity index (χ4v) is 9.26. The summed E-state index contributed by atoms with van der Waals surface area (Å²) in [5.41, 5.74) is 0.994. The van der Waals surface area contributed by atoms with Gasteiger partial charge in [-0.15, -0.1) is 34.5 Å². The lowest BCUT2D eigenvalue weighted by Crippen LogP contribution is -2.60. The highest BCUT2D eigenvalue weighted by atomic mass is 35.5. The molecule has 0 radical (unpaired) electrons. The number of imide groups is 2. The summed E-state index contributed by atoms with van der Waals surface area (Å²) in [5.74, 6) is -6.55. The standard InChI is InChI=1S/C33H27Cl2FN2O7S/c1-44-23-12-16(13-24(45-2)27(23)39)26-20-9-10-21-25(29(41)37(28(21)40)15-19-4-3-11-46-19)22(20)14-32(34)30(42)38(31(43)33(26,32)35)18-7-5-17(36)6-8-18/h3-9,11-13,21-22,25-26,39H,10,14-15H2,1-2H3. The van der Waals surface area contributed by atoms with E-state index in [0.717, 1.165) is 21.9 Å². The molecule has 1 aromatic heterocycles. The molecule has 1 N–H and O–H groups in total. The number of benzene rings is 2. The highest BCUT2D eigenvalue weighted by Gasteiger charge is 2.76. The molecule has 4 aliphatic rings. The van der Waals surface area contributed by atoms with Gasteiger partial charge in [-0.1, -0.05) is 17.7 Å². The van der Waals surface area contributed by atoms with Crippen LogP contribution >= 0.6 is 34.5 Å². The zero-order valence-electron chi connectivity index (χ0n) is 24.5. The number of methoxy groups -OCH3 is 2. The molecule has 2 aliphatic heterocycles. The first-order chi connectivity index (χ1) is 22.0. The van der Waals surface area contributed by atoms with Crippen LogP contribution in [0.3, 0.4) is 0 Å². The van der Waals surface area contributed by atoms with Gasteiger partial charge in [-0.05, 0) is 72.2 Å². The largest absolute Gasteiger partial charge is 0.502 e. The normalized spacial score (nSPS) is 30.2. The van der Waals surface area contributed by atoms with Gasteiger partial charge in [-0.2, -0.15) is 0 Å². The fraction of sp³-hybridized carbons (Fsp3) is 0.333. The lowest BCUT2D eigenvalue weighted by atomic mass is 9.56. The molecule has 4 amide bonds. The molecule has 2 aliphatic carbocycles. The van der Waals surface area contributed by atoms with Crippen molar-refractivity contribution in [1.29, 1.82) is 0 Å². The maximum atomic E-state index is 14.5. The number of fused-ring (bicyclic) bond motifs is 4. The Morgan fingerprint density at radius 3 is 2.26 bits per heavy atom. The summed E-state index contributed by atoms with van der Waals surface area (Å²) in [5, 5.41) is 12.6. The van der Waals surface area contributed by atoms with E-state index in [4.69, 9.17) is 32.7 Å². The minimum absolute atomic E-state index is 0.0209.